The molecule has 1 aromatic carbocycles. The third-order valence-corrected chi connectivity index (χ3v) is 5.08. The number of benzene rings is 1. The molecule has 0 saturated heterocycles. The minimum Gasteiger partial charge on any atom is -0.346 e. The fourth-order valence-corrected chi connectivity index (χ4v) is 3.14. The highest BCUT2D eigenvalue weighted by Crippen LogP contribution is 2.34. The van der Waals surface area contributed by atoms with E-state index in [1.165, 1.54) is 6.42 Å². The van der Waals surface area contributed by atoms with Gasteiger partial charge in [-0.1, -0.05) is 27.6 Å². The van der Waals surface area contributed by atoms with Crippen molar-refractivity contribution in [3.63, 3.8) is 0 Å². The number of halogens is 2. The van der Waals surface area contributed by atoms with Gasteiger partial charge in [-0.15, -0.1) is 0 Å². The fourth-order valence-electron chi connectivity index (χ4n) is 2.02. The molecule has 1 saturated carbocycles. The van der Waals surface area contributed by atoms with Crippen molar-refractivity contribution in [3.8, 4) is 0 Å². The van der Waals surface area contributed by atoms with Crippen LogP contribution in [0.1, 0.15) is 35.2 Å². The van der Waals surface area contributed by atoms with E-state index in [9.17, 15) is 4.79 Å². The maximum absolute atomic E-state index is 12.2. The summed E-state index contributed by atoms with van der Waals surface area (Å²) >= 11 is 6.92. The molecule has 92 valence electrons. The van der Waals surface area contributed by atoms with E-state index >= 15 is 0 Å². The summed E-state index contributed by atoms with van der Waals surface area (Å²) in [5.74, 6) is 0.0136. The molecular formula is C13H15Br2NO. The average Bonchev–Trinajstić information content (AvgIpc) is 2.26. The van der Waals surface area contributed by atoms with Crippen molar-refractivity contribution in [1.82, 2.24) is 5.32 Å². The van der Waals surface area contributed by atoms with Gasteiger partial charge in [0.05, 0.1) is 11.1 Å². The molecule has 1 aliphatic carbocycles. The molecular weight excluding hydrogens is 346 g/mol. The molecule has 0 spiro atoms. The molecule has 2 nitrogen and oxygen atoms in total. The number of amides is 1. The molecule has 0 heterocycles. The highest BCUT2D eigenvalue weighted by atomic mass is 79.9. The van der Waals surface area contributed by atoms with Gasteiger partial charge in [-0.05, 0) is 54.2 Å². The van der Waals surface area contributed by atoms with E-state index < -0.39 is 0 Å². The number of rotatable bonds is 3. The van der Waals surface area contributed by atoms with Gasteiger partial charge in [-0.3, -0.25) is 4.79 Å². The van der Waals surface area contributed by atoms with Crippen LogP contribution >= 0.6 is 31.9 Å². The monoisotopic (exact) mass is 359 g/mol. The van der Waals surface area contributed by atoms with Crippen molar-refractivity contribution >= 4 is 37.8 Å². The zero-order valence-electron chi connectivity index (χ0n) is 9.72. The molecule has 0 aromatic heterocycles. The van der Waals surface area contributed by atoms with Crippen molar-refractivity contribution in [2.45, 2.75) is 31.7 Å². The lowest BCUT2D eigenvalue weighted by molar-refractivity contribution is 0.0855. The Hall–Kier alpha value is -0.350. The van der Waals surface area contributed by atoms with Gasteiger partial charge in [0.15, 0.2) is 0 Å². The van der Waals surface area contributed by atoms with Gasteiger partial charge in [-0.25, -0.2) is 0 Å². The summed E-state index contributed by atoms with van der Waals surface area (Å²) in [6.45, 7) is 1.99. The standard InChI is InChI=1S/C13H15Br2NO/c1-9-3-4-11(15)10(7-9)12(17)16-13(8-14)5-2-6-13/h3-4,7H,2,5-6,8H2,1H3,(H,16,17). The van der Waals surface area contributed by atoms with E-state index in [0.29, 0.717) is 0 Å². The summed E-state index contributed by atoms with van der Waals surface area (Å²) in [7, 11) is 0. The predicted molar refractivity (Wildman–Crippen MR) is 76.7 cm³/mol. The Morgan fingerprint density at radius 1 is 1.47 bits per heavy atom. The van der Waals surface area contributed by atoms with E-state index in [0.717, 1.165) is 33.8 Å². The van der Waals surface area contributed by atoms with Gasteiger partial charge in [0.2, 0.25) is 0 Å². The minimum absolute atomic E-state index is 0.0136. The summed E-state index contributed by atoms with van der Waals surface area (Å²) in [5.41, 5.74) is 1.79. The Kier molecular flexibility index (Phi) is 3.93. The molecule has 1 N–H and O–H groups in total. The lowest BCUT2D eigenvalue weighted by Crippen LogP contribution is -2.54. The summed E-state index contributed by atoms with van der Waals surface area (Å²) < 4.78 is 0.852. The van der Waals surface area contributed by atoms with Gasteiger partial charge in [0.1, 0.15) is 0 Å². The Bertz CT molecular complexity index is 436. The smallest absolute Gasteiger partial charge is 0.252 e. The van der Waals surface area contributed by atoms with E-state index in [2.05, 4.69) is 37.2 Å². The van der Waals surface area contributed by atoms with E-state index in [1.807, 2.05) is 25.1 Å². The number of carbonyl (C=O) groups excluding carboxylic acids is 1. The topological polar surface area (TPSA) is 29.1 Å². The maximum Gasteiger partial charge on any atom is 0.252 e. The molecule has 0 unspecified atom stereocenters. The Morgan fingerprint density at radius 2 is 2.18 bits per heavy atom. The van der Waals surface area contributed by atoms with Crippen LogP contribution in [-0.2, 0) is 0 Å². The van der Waals surface area contributed by atoms with Gasteiger partial charge >= 0.3 is 0 Å². The van der Waals surface area contributed by atoms with Crippen LogP contribution in [0.15, 0.2) is 22.7 Å². The van der Waals surface area contributed by atoms with Crippen LogP contribution in [0.4, 0.5) is 0 Å². The number of nitrogens with one attached hydrogen (secondary N) is 1. The number of hydrogen-bond acceptors (Lipinski definition) is 1. The molecule has 4 heteroatoms. The van der Waals surface area contributed by atoms with Crippen molar-refractivity contribution in [3.05, 3.63) is 33.8 Å². The van der Waals surface area contributed by atoms with E-state index in [4.69, 9.17) is 0 Å². The first kappa shape index (κ1) is 13.1. The van der Waals surface area contributed by atoms with Gasteiger partial charge in [0, 0.05) is 9.80 Å². The molecule has 0 bridgehead atoms. The number of carbonyl (C=O) groups is 1. The number of alkyl halides is 1. The Balaban J connectivity index is 2.17. The van der Waals surface area contributed by atoms with Crippen molar-refractivity contribution in [2.75, 3.05) is 5.33 Å². The molecule has 2 rings (SSSR count). The van der Waals surface area contributed by atoms with Crippen molar-refractivity contribution in [1.29, 1.82) is 0 Å². The third kappa shape index (κ3) is 2.74. The number of aryl methyl sites for hydroxylation is 1. The normalized spacial score (nSPS) is 17.4. The van der Waals surface area contributed by atoms with Crippen molar-refractivity contribution < 1.29 is 4.79 Å². The Labute approximate surface area is 118 Å². The van der Waals surface area contributed by atoms with Crippen LogP contribution < -0.4 is 5.32 Å². The van der Waals surface area contributed by atoms with Gasteiger partial charge in [0.25, 0.3) is 5.91 Å². The SMILES string of the molecule is Cc1ccc(Br)c(C(=O)NC2(CBr)CCC2)c1. The summed E-state index contributed by atoms with van der Waals surface area (Å²) in [5, 5.41) is 3.98. The van der Waals surface area contributed by atoms with Crippen LogP contribution in [0.25, 0.3) is 0 Å². The molecule has 0 radical (unpaired) electrons. The van der Waals surface area contributed by atoms with Crippen molar-refractivity contribution in [2.24, 2.45) is 0 Å². The van der Waals surface area contributed by atoms with Crippen LogP contribution in [0.3, 0.4) is 0 Å². The van der Waals surface area contributed by atoms with E-state index in [-0.39, 0.29) is 11.4 Å². The highest BCUT2D eigenvalue weighted by molar-refractivity contribution is 9.10. The second-order valence-electron chi connectivity index (χ2n) is 4.70. The summed E-state index contributed by atoms with van der Waals surface area (Å²) in [6, 6.07) is 5.83. The van der Waals surface area contributed by atoms with Crippen LogP contribution in [-0.4, -0.2) is 16.8 Å². The predicted octanol–water partition coefficient (Wildman–Crippen LogP) is 3.80. The fraction of sp³-hybridized carbons (Fsp3) is 0.462. The molecule has 1 fully saturated rings. The molecule has 0 aliphatic heterocycles. The second-order valence-corrected chi connectivity index (χ2v) is 6.12. The number of hydrogen-bond donors (Lipinski definition) is 1. The molecule has 1 amide bonds. The molecule has 17 heavy (non-hydrogen) atoms. The second kappa shape index (κ2) is 5.11. The minimum atomic E-state index is -0.0275. The molecule has 1 aromatic rings. The quantitative estimate of drug-likeness (QED) is 0.816. The third-order valence-electron chi connectivity index (χ3n) is 3.31. The first-order chi connectivity index (χ1) is 8.06. The molecule has 0 atom stereocenters. The maximum atomic E-state index is 12.2. The lowest BCUT2D eigenvalue weighted by atomic mass is 9.78. The van der Waals surface area contributed by atoms with Crippen LogP contribution in [0.2, 0.25) is 0 Å². The highest BCUT2D eigenvalue weighted by Gasteiger charge is 2.37. The zero-order valence-corrected chi connectivity index (χ0v) is 12.9. The Morgan fingerprint density at radius 3 is 2.71 bits per heavy atom. The molecule has 1 aliphatic rings. The van der Waals surface area contributed by atoms with Gasteiger partial charge < -0.3 is 5.32 Å². The largest absolute Gasteiger partial charge is 0.346 e. The van der Waals surface area contributed by atoms with E-state index in [1.54, 1.807) is 0 Å². The van der Waals surface area contributed by atoms with Gasteiger partial charge in [-0.2, -0.15) is 0 Å². The van der Waals surface area contributed by atoms with Crippen LogP contribution in [0.5, 0.6) is 0 Å². The average molecular weight is 361 g/mol. The lowest BCUT2D eigenvalue weighted by Gasteiger charge is -2.41. The first-order valence-electron chi connectivity index (χ1n) is 5.71. The first-order valence-corrected chi connectivity index (χ1v) is 7.62. The zero-order chi connectivity index (χ0) is 12.5. The summed E-state index contributed by atoms with van der Waals surface area (Å²) in [6.07, 6.45) is 3.32. The summed E-state index contributed by atoms with van der Waals surface area (Å²) in [4.78, 5) is 12.2. The van der Waals surface area contributed by atoms with Crippen LogP contribution in [0, 0.1) is 6.92 Å².